The molecule has 2 nitrogen and oxygen atoms in total. The SMILES string of the molecule is O=C1CCCCC(C[Se]c2ccccc2)O1. The van der Waals surface area contributed by atoms with E-state index in [2.05, 4.69) is 24.3 Å². The fraction of sp³-hybridized carbons (Fsp3) is 0.462. The first-order valence-corrected chi connectivity index (χ1v) is 7.79. The van der Waals surface area contributed by atoms with E-state index in [0.717, 1.165) is 24.6 Å². The third kappa shape index (κ3) is 3.66. The van der Waals surface area contributed by atoms with Crippen molar-refractivity contribution in [3.05, 3.63) is 30.3 Å². The second-order valence-electron chi connectivity index (χ2n) is 3.98. The molecule has 0 spiro atoms. The summed E-state index contributed by atoms with van der Waals surface area (Å²) in [6.07, 6.45) is 3.93. The van der Waals surface area contributed by atoms with E-state index < -0.39 is 0 Å². The molecule has 1 aliphatic rings. The van der Waals surface area contributed by atoms with Crippen LogP contribution < -0.4 is 4.46 Å². The molecule has 0 amide bonds. The van der Waals surface area contributed by atoms with E-state index in [9.17, 15) is 4.79 Å². The third-order valence-corrected chi connectivity index (χ3v) is 5.03. The van der Waals surface area contributed by atoms with Gasteiger partial charge in [-0.3, -0.25) is 0 Å². The van der Waals surface area contributed by atoms with Crippen LogP contribution in [0.4, 0.5) is 0 Å². The average Bonchev–Trinajstić information content (AvgIpc) is 2.52. The zero-order valence-corrected chi connectivity index (χ0v) is 10.9. The van der Waals surface area contributed by atoms with Crippen molar-refractivity contribution >= 4 is 25.4 Å². The molecule has 0 bridgehead atoms. The fourth-order valence-electron chi connectivity index (χ4n) is 1.77. The predicted molar refractivity (Wildman–Crippen MR) is 65.0 cm³/mol. The number of hydrogen-bond donors (Lipinski definition) is 0. The van der Waals surface area contributed by atoms with E-state index in [1.54, 1.807) is 0 Å². The van der Waals surface area contributed by atoms with Gasteiger partial charge >= 0.3 is 102 Å². The molecule has 0 saturated carbocycles. The molecule has 1 fully saturated rings. The van der Waals surface area contributed by atoms with Gasteiger partial charge < -0.3 is 0 Å². The molecule has 1 aliphatic heterocycles. The Bertz CT molecular complexity index is 337. The van der Waals surface area contributed by atoms with Crippen molar-refractivity contribution in [1.82, 2.24) is 0 Å². The molecule has 16 heavy (non-hydrogen) atoms. The zero-order valence-electron chi connectivity index (χ0n) is 9.22. The van der Waals surface area contributed by atoms with E-state index in [1.807, 2.05) is 6.07 Å². The summed E-state index contributed by atoms with van der Waals surface area (Å²) in [6.45, 7) is 0. The molecule has 0 aliphatic carbocycles. The van der Waals surface area contributed by atoms with Crippen LogP contribution in [0.15, 0.2) is 30.3 Å². The maximum atomic E-state index is 11.3. The van der Waals surface area contributed by atoms with Crippen LogP contribution >= 0.6 is 0 Å². The van der Waals surface area contributed by atoms with Gasteiger partial charge in [0.15, 0.2) is 0 Å². The Labute approximate surface area is 103 Å². The summed E-state index contributed by atoms with van der Waals surface area (Å²) >= 11 is 0.427. The average molecular weight is 283 g/mol. The van der Waals surface area contributed by atoms with Crippen LogP contribution in [-0.4, -0.2) is 27.0 Å². The van der Waals surface area contributed by atoms with Gasteiger partial charge in [-0.05, 0) is 0 Å². The van der Waals surface area contributed by atoms with E-state index in [4.69, 9.17) is 4.74 Å². The van der Waals surface area contributed by atoms with E-state index in [0.29, 0.717) is 21.4 Å². The molecule has 3 heteroatoms. The van der Waals surface area contributed by atoms with Crippen LogP contribution in [0.5, 0.6) is 0 Å². The number of rotatable bonds is 3. The van der Waals surface area contributed by atoms with Crippen molar-refractivity contribution in [2.24, 2.45) is 0 Å². The fourth-order valence-corrected chi connectivity index (χ4v) is 3.79. The van der Waals surface area contributed by atoms with Gasteiger partial charge in [0.2, 0.25) is 0 Å². The van der Waals surface area contributed by atoms with Crippen molar-refractivity contribution in [2.45, 2.75) is 37.1 Å². The van der Waals surface area contributed by atoms with Gasteiger partial charge in [0.05, 0.1) is 0 Å². The van der Waals surface area contributed by atoms with Crippen LogP contribution in [0.1, 0.15) is 25.7 Å². The Kier molecular flexibility index (Phi) is 4.43. The number of cyclic esters (lactones) is 1. The van der Waals surface area contributed by atoms with E-state index in [1.165, 1.54) is 4.46 Å². The summed E-state index contributed by atoms with van der Waals surface area (Å²) < 4.78 is 6.79. The van der Waals surface area contributed by atoms with Crippen molar-refractivity contribution < 1.29 is 9.53 Å². The number of hydrogen-bond acceptors (Lipinski definition) is 2. The molecule has 1 aromatic rings. The van der Waals surface area contributed by atoms with Crippen LogP contribution in [0.2, 0.25) is 5.32 Å². The quantitative estimate of drug-likeness (QED) is 0.626. The first-order chi connectivity index (χ1) is 7.84. The molecule has 86 valence electrons. The van der Waals surface area contributed by atoms with Gasteiger partial charge in [0.25, 0.3) is 0 Å². The molecular formula is C13H16O2Se. The Morgan fingerprint density at radius 1 is 1.25 bits per heavy atom. The molecule has 1 unspecified atom stereocenters. The topological polar surface area (TPSA) is 26.3 Å². The van der Waals surface area contributed by atoms with Gasteiger partial charge in [-0.1, -0.05) is 0 Å². The Hall–Kier alpha value is -0.791. The summed E-state index contributed by atoms with van der Waals surface area (Å²) in [6, 6.07) is 10.5. The van der Waals surface area contributed by atoms with Gasteiger partial charge in [-0.2, -0.15) is 0 Å². The Morgan fingerprint density at radius 2 is 2.06 bits per heavy atom. The Morgan fingerprint density at radius 3 is 2.88 bits per heavy atom. The van der Waals surface area contributed by atoms with Crippen molar-refractivity contribution in [2.75, 3.05) is 0 Å². The molecule has 0 N–H and O–H groups in total. The standard InChI is InChI=1S/C13H16O2Se/c14-13-9-5-4-6-11(15-13)10-16-12-7-2-1-3-8-12/h1-3,7-8,11H,4-6,9-10H2. The first-order valence-electron chi connectivity index (χ1n) is 5.72. The summed E-state index contributed by atoms with van der Waals surface area (Å²) in [5.41, 5.74) is 0. The predicted octanol–water partition coefficient (Wildman–Crippen LogP) is 1.92. The molecule has 1 atom stereocenters. The van der Waals surface area contributed by atoms with Crippen LogP contribution in [0.25, 0.3) is 0 Å². The summed E-state index contributed by atoms with van der Waals surface area (Å²) in [5, 5.41) is 1.02. The van der Waals surface area contributed by atoms with Crippen LogP contribution in [0, 0.1) is 0 Å². The maximum absolute atomic E-state index is 11.3. The summed E-state index contributed by atoms with van der Waals surface area (Å²) in [7, 11) is 0. The Balaban J connectivity index is 1.83. The minimum atomic E-state index is -0.00800. The summed E-state index contributed by atoms with van der Waals surface area (Å²) in [5.74, 6) is -0.00800. The normalized spacial score (nSPS) is 21.2. The van der Waals surface area contributed by atoms with Gasteiger partial charge in [-0.25, -0.2) is 0 Å². The second-order valence-corrected chi connectivity index (χ2v) is 6.28. The number of esters is 1. The van der Waals surface area contributed by atoms with Crippen molar-refractivity contribution in [3.8, 4) is 0 Å². The summed E-state index contributed by atoms with van der Waals surface area (Å²) in [4.78, 5) is 11.3. The minimum absolute atomic E-state index is 0.00800. The first kappa shape index (κ1) is 11.7. The molecule has 2 rings (SSSR count). The molecule has 1 saturated heterocycles. The van der Waals surface area contributed by atoms with Gasteiger partial charge in [0.1, 0.15) is 0 Å². The van der Waals surface area contributed by atoms with Crippen LogP contribution in [-0.2, 0) is 9.53 Å². The van der Waals surface area contributed by atoms with Crippen molar-refractivity contribution in [3.63, 3.8) is 0 Å². The van der Waals surface area contributed by atoms with Gasteiger partial charge in [-0.15, -0.1) is 0 Å². The number of carbonyl (C=O) groups is 1. The number of benzene rings is 1. The molecule has 0 aromatic heterocycles. The van der Waals surface area contributed by atoms with E-state index >= 15 is 0 Å². The van der Waals surface area contributed by atoms with Gasteiger partial charge in [0, 0.05) is 0 Å². The second kappa shape index (κ2) is 6.07. The van der Waals surface area contributed by atoms with E-state index in [-0.39, 0.29) is 12.1 Å². The monoisotopic (exact) mass is 284 g/mol. The third-order valence-electron chi connectivity index (χ3n) is 2.63. The van der Waals surface area contributed by atoms with Crippen LogP contribution in [0.3, 0.4) is 0 Å². The molecular weight excluding hydrogens is 267 g/mol. The number of ether oxygens (including phenoxy) is 1. The zero-order chi connectivity index (χ0) is 11.2. The number of carbonyl (C=O) groups excluding carboxylic acids is 1. The molecule has 0 radical (unpaired) electrons. The molecule has 1 aromatic carbocycles. The molecule has 1 heterocycles. The van der Waals surface area contributed by atoms with Crippen molar-refractivity contribution in [1.29, 1.82) is 0 Å².